The zero-order valence-electron chi connectivity index (χ0n) is 14.0. The second kappa shape index (κ2) is 15.9. The summed E-state index contributed by atoms with van der Waals surface area (Å²) in [7, 11) is 1.43. The number of carbonyl (C=O) groups is 1. The Labute approximate surface area is 135 Å². The summed E-state index contributed by atoms with van der Waals surface area (Å²) in [5, 5.41) is 8.81. The number of allylic oxidation sites excluding steroid dienone is 4. The van der Waals surface area contributed by atoms with Gasteiger partial charge in [0.05, 0.1) is 0 Å². The van der Waals surface area contributed by atoms with Gasteiger partial charge in [-0.25, -0.2) is 4.79 Å². The first-order chi connectivity index (χ1) is 10.7. The summed E-state index contributed by atoms with van der Waals surface area (Å²) in [5.41, 5.74) is 0. The first-order valence-electron chi connectivity index (χ1n) is 8.26. The third kappa shape index (κ3) is 13.5. The number of carboxylic acids is 1. The van der Waals surface area contributed by atoms with Crippen LogP contribution in [0.5, 0.6) is 0 Å². The molecule has 0 amide bonds. The van der Waals surface area contributed by atoms with Crippen LogP contribution < -0.4 is 0 Å². The van der Waals surface area contributed by atoms with E-state index in [2.05, 4.69) is 30.9 Å². The molecule has 0 bridgehead atoms. The lowest BCUT2D eigenvalue weighted by atomic mass is 10.1. The maximum Gasteiger partial charge on any atom is 0.332 e. The summed E-state index contributed by atoms with van der Waals surface area (Å²) in [4.78, 5) is 10.7. The number of carboxylic acid groups (broad SMARTS) is 1. The highest BCUT2D eigenvalue weighted by Crippen LogP contribution is 2.05. The van der Waals surface area contributed by atoms with E-state index >= 15 is 0 Å². The maximum absolute atomic E-state index is 10.7. The Balaban J connectivity index is 3.56. The molecular weight excluding hydrogens is 276 g/mol. The molecule has 0 aliphatic rings. The normalized spacial score (nSPS) is 12.5. The lowest BCUT2D eigenvalue weighted by molar-refractivity contribution is -0.148. The summed E-state index contributed by atoms with van der Waals surface area (Å²) in [6, 6.07) is 0. The first-order valence-corrected chi connectivity index (χ1v) is 8.26. The summed E-state index contributed by atoms with van der Waals surface area (Å²) < 4.78 is 4.87. The van der Waals surface area contributed by atoms with Crippen molar-refractivity contribution in [1.82, 2.24) is 0 Å². The van der Waals surface area contributed by atoms with Crippen LogP contribution in [0.4, 0.5) is 0 Å². The van der Waals surface area contributed by atoms with E-state index in [-0.39, 0.29) is 0 Å². The number of unbranched alkanes of at least 4 members (excludes halogenated alkanes) is 5. The van der Waals surface area contributed by atoms with E-state index in [1.807, 2.05) is 12.2 Å². The van der Waals surface area contributed by atoms with E-state index in [0.717, 1.165) is 25.7 Å². The molecule has 0 aromatic rings. The van der Waals surface area contributed by atoms with E-state index in [0.29, 0.717) is 6.42 Å². The highest BCUT2D eigenvalue weighted by molar-refractivity contribution is 5.72. The van der Waals surface area contributed by atoms with Gasteiger partial charge in [-0.3, -0.25) is 0 Å². The first kappa shape index (κ1) is 20.5. The van der Waals surface area contributed by atoms with Crippen LogP contribution in [0, 0.1) is 11.8 Å². The molecule has 0 aliphatic carbocycles. The molecule has 0 saturated carbocycles. The van der Waals surface area contributed by atoms with Crippen molar-refractivity contribution < 1.29 is 14.6 Å². The van der Waals surface area contributed by atoms with E-state index in [1.54, 1.807) is 0 Å². The zero-order chi connectivity index (χ0) is 16.5. The van der Waals surface area contributed by atoms with Gasteiger partial charge in [-0.1, -0.05) is 49.8 Å². The van der Waals surface area contributed by atoms with E-state index in [1.165, 1.54) is 32.8 Å². The summed E-state index contributed by atoms with van der Waals surface area (Å²) in [6.07, 6.45) is 16.7. The summed E-state index contributed by atoms with van der Waals surface area (Å²) in [6.45, 7) is 2.22. The molecule has 0 spiro atoms. The molecule has 1 atom stereocenters. The minimum Gasteiger partial charge on any atom is -0.479 e. The van der Waals surface area contributed by atoms with Gasteiger partial charge in [-0.05, 0) is 44.6 Å². The van der Waals surface area contributed by atoms with Gasteiger partial charge >= 0.3 is 5.97 Å². The fraction of sp³-hybridized carbons (Fsp3) is 0.632. The summed E-state index contributed by atoms with van der Waals surface area (Å²) >= 11 is 0. The predicted octanol–water partition coefficient (Wildman–Crippen LogP) is 4.73. The van der Waals surface area contributed by atoms with Gasteiger partial charge in [-0.15, -0.1) is 0 Å². The lowest BCUT2D eigenvalue weighted by Crippen LogP contribution is -2.21. The second-order valence-corrected chi connectivity index (χ2v) is 5.22. The lowest BCUT2D eigenvalue weighted by Gasteiger charge is -2.08. The van der Waals surface area contributed by atoms with Gasteiger partial charge in [0.15, 0.2) is 6.10 Å². The van der Waals surface area contributed by atoms with Gasteiger partial charge in [0.1, 0.15) is 0 Å². The number of aliphatic carboxylic acids is 1. The number of hydrogen-bond donors (Lipinski definition) is 1. The van der Waals surface area contributed by atoms with Gasteiger partial charge < -0.3 is 9.84 Å². The Bertz CT molecular complexity index is 385. The van der Waals surface area contributed by atoms with E-state index in [4.69, 9.17) is 9.84 Å². The van der Waals surface area contributed by atoms with Crippen LogP contribution >= 0.6 is 0 Å². The van der Waals surface area contributed by atoms with E-state index < -0.39 is 12.1 Å². The third-order valence-corrected chi connectivity index (χ3v) is 3.28. The number of rotatable bonds is 12. The van der Waals surface area contributed by atoms with Crippen LogP contribution in [0.25, 0.3) is 0 Å². The molecule has 1 N–H and O–H groups in total. The van der Waals surface area contributed by atoms with Gasteiger partial charge in [0.25, 0.3) is 0 Å². The van der Waals surface area contributed by atoms with Gasteiger partial charge in [-0.2, -0.15) is 0 Å². The molecule has 0 heterocycles. The van der Waals surface area contributed by atoms with Crippen LogP contribution in [0.15, 0.2) is 24.3 Å². The Kier molecular flexibility index (Phi) is 14.7. The summed E-state index contributed by atoms with van der Waals surface area (Å²) in [5.74, 6) is 5.22. The van der Waals surface area contributed by atoms with Crippen molar-refractivity contribution in [2.75, 3.05) is 7.11 Å². The van der Waals surface area contributed by atoms with Crippen LogP contribution in [0.3, 0.4) is 0 Å². The van der Waals surface area contributed by atoms with Crippen molar-refractivity contribution in [3.63, 3.8) is 0 Å². The highest BCUT2D eigenvalue weighted by Gasteiger charge is 2.14. The minimum absolute atomic E-state index is 0.534. The average Bonchev–Trinajstić information content (AvgIpc) is 2.51. The highest BCUT2D eigenvalue weighted by atomic mass is 16.5. The number of methoxy groups -OCH3 is 1. The molecule has 0 aromatic heterocycles. The van der Waals surface area contributed by atoms with Gasteiger partial charge in [0, 0.05) is 13.5 Å². The number of hydrogen-bond acceptors (Lipinski definition) is 2. The van der Waals surface area contributed by atoms with Crippen molar-refractivity contribution in [3.8, 4) is 11.8 Å². The van der Waals surface area contributed by atoms with E-state index in [9.17, 15) is 4.79 Å². The van der Waals surface area contributed by atoms with Crippen molar-refractivity contribution in [1.29, 1.82) is 0 Å². The van der Waals surface area contributed by atoms with Crippen molar-refractivity contribution in [3.05, 3.63) is 24.3 Å². The molecular formula is C19H30O3. The third-order valence-electron chi connectivity index (χ3n) is 3.28. The molecule has 0 fully saturated rings. The van der Waals surface area contributed by atoms with Crippen molar-refractivity contribution >= 4 is 5.97 Å². The quantitative estimate of drug-likeness (QED) is 0.322. The Morgan fingerprint density at radius 1 is 1.14 bits per heavy atom. The van der Waals surface area contributed by atoms with Crippen LogP contribution in [-0.4, -0.2) is 24.3 Å². The predicted molar refractivity (Wildman–Crippen MR) is 91.7 cm³/mol. The van der Waals surface area contributed by atoms with Crippen LogP contribution in [0.1, 0.15) is 64.7 Å². The fourth-order valence-electron chi connectivity index (χ4n) is 1.94. The molecule has 0 rings (SSSR count). The fourth-order valence-corrected chi connectivity index (χ4v) is 1.94. The Morgan fingerprint density at radius 3 is 2.55 bits per heavy atom. The Hall–Kier alpha value is -1.53. The van der Waals surface area contributed by atoms with Crippen molar-refractivity contribution in [2.45, 2.75) is 70.8 Å². The standard InChI is InChI=1S/C19H30O3/c1-3-4-5-6-7-8-9-10-11-12-13-14-15-16-17-18(22-2)19(20)21/h7-8,13-14,18H,3-6,9-10,15-17H2,1-2H3,(H,20,21). The molecule has 0 radical (unpaired) electrons. The average molecular weight is 306 g/mol. The largest absolute Gasteiger partial charge is 0.479 e. The molecule has 3 nitrogen and oxygen atoms in total. The molecule has 22 heavy (non-hydrogen) atoms. The smallest absolute Gasteiger partial charge is 0.332 e. The number of ether oxygens (including phenoxy) is 1. The second-order valence-electron chi connectivity index (χ2n) is 5.22. The molecule has 3 heteroatoms. The maximum atomic E-state index is 10.7. The SMILES string of the molecule is CCCCCC=CCCC#CC=CCCCC(OC)C(=O)O. The molecule has 124 valence electrons. The van der Waals surface area contributed by atoms with Crippen LogP contribution in [-0.2, 0) is 9.53 Å². The van der Waals surface area contributed by atoms with Gasteiger partial charge in [0.2, 0.25) is 0 Å². The zero-order valence-corrected chi connectivity index (χ0v) is 14.0. The molecule has 0 aromatic carbocycles. The monoisotopic (exact) mass is 306 g/mol. The minimum atomic E-state index is -0.894. The Morgan fingerprint density at radius 2 is 1.86 bits per heavy atom. The molecule has 0 aliphatic heterocycles. The van der Waals surface area contributed by atoms with Crippen LogP contribution in [0.2, 0.25) is 0 Å². The molecule has 1 unspecified atom stereocenters. The molecule has 0 saturated heterocycles. The topological polar surface area (TPSA) is 46.5 Å². The van der Waals surface area contributed by atoms with Crippen molar-refractivity contribution in [2.24, 2.45) is 0 Å².